The van der Waals surface area contributed by atoms with Crippen LogP contribution in [-0.2, 0) is 0 Å². The zero-order valence-electron chi connectivity index (χ0n) is 12.1. The van der Waals surface area contributed by atoms with Crippen LogP contribution in [0.2, 0.25) is 10.0 Å². The van der Waals surface area contributed by atoms with Crippen LogP contribution in [0.25, 0.3) is 0 Å². The summed E-state index contributed by atoms with van der Waals surface area (Å²) in [5, 5.41) is 1.07. The topological polar surface area (TPSA) is 35.2 Å². The molecule has 2 aromatic carbocycles. The molecule has 21 heavy (non-hydrogen) atoms. The van der Waals surface area contributed by atoms with Gasteiger partial charge in [-0.05, 0) is 42.7 Å². The normalized spacial score (nSPS) is 13.8. The zero-order chi connectivity index (χ0) is 15.4. The third-order valence-corrected chi connectivity index (χ3v) is 4.03. The van der Waals surface area contributed by atoms with Gasteiger partial charge >= 0.3 is 0 Å². The molecule has 0 saturated carbocycles. The number of hydrogen-bond acceptors (Lipinski definition) is 2. The first kappa shape index (κ1) is 16.2. The number of ether oxygens (including phenoxy) is 1. The summed E-state index contributed by atoms with van der Waals surface area (Å²) in [6.45, 7) is 4.10. The smallest absolute Gasteiger partial charge is 0.139 e. The Kier molecular flexibility index (Phi) is 5.51. The highest BCUT2D eigenvalue weighted by Gasteiger charge is 2.23. The standard InChI is InChI=1S/C17H19Cl2NO/c1-3-15(20)17(13-7-5-4-6-11(13)2)21-16-9-8-12(18)10-14(16)19/h4-10,15,17H,3,20H2,1-2H3. The maximum absolute atomic E-state index is 6.25. The first-order valence-electron chi connectivity index (χ1n) is 6.95. The Morgan fingerprint density at radius 1 is 1.14 bits per heavy atom. The molecule has 0 spiro atoms. The van der Waals surface area contributed by atoms with Crippen LogP contribution in [0.15, 0.2) is 42.5 Å². The molecule has 2 unspecified atom stereocenters. The molecule has 0 bridgehead atoms. The molecule has 2 atom stereocenters. The fourth-order valence-electron chi connectivity index (χ4n) is 2.21. The van der Waals surface area contributed by atoms with Gasteiger partial charge in [0.2, 0.25) is 0 Å². The van der Waals surface area contributed by atoms with Crippen molar-refractivity contribution in [1.29, 1.82) is 0 Å². The van der Waals surface area contributed by atoms with Gasteiger partial charge in [-0.2, -0.15) is 0 Å². The monoisotopic (exact) mass is 323 g/mol. The molecule has 2 N–H and O–H groups in total. The molecule has 0 aromatic heterocycles. The quantitative estimate of drug-likeness (QED) is 0.824. The van der Waals surface area contributed by atoms with Gasteiger partial charge in [0, 0.05) is 11.1 Å². The average Bonchev–Trinajstić information content (AvgIpc) is 2.47. The Bertz CT molecular complexity index is 615. The number of hydrogen-bond donors (Lipinski definition) is 1. The number of aryl methyl sites for hydroxylation is 1. The number of halogens is 2. The lowest BCUT2D eigenvalue weighted by Crippen LogP contribution is -2.32. The summed E-state index contributed by atoms with van der Waals surface area (Å²) in [6, 6.07) is 13.2. The average molecular weight is 324 g/mol. The second-order valence-electron chi connectivity index (χ2n) is 5.04. The molecular formula is C17H19Cl2NO. The summed E-state index contributed by atoms with van der Waals surface area (Å²) in [6.07, 6.45) is 0.569. The molecule has 4 heteroatoms. The molecule has 0 fully saturated rings. The van der Waals surface area contributed by atoms with Crippen LogP contribution in [0.5, 0.6) is 5.75 Å². The minimum Gasteiger partial charge on any atom is -0.483 e. The van der Waals surface area contributed by atoms with E-state index in [1.54, 1.807) is 18.2 Å². The van der Waals surface area contributed by atoms with E-state index in [0.29, 0.717) is 15.8 Å². The fraction of sp³-hybridized carbons (Fsp3) is 0.294. The summed E-state index contributed by atoms with van der Waals surface area (Å²) in [5.41, 5.74) is 8.48. The van der Waals surface area contributed by atoms with E-state index in [1.807, 2.05) is 25.1 Å². The molecule has 0 saturated heterocycles. The predicted molar refractivity (Wildman–Crippen MR) is 89.3 cm³/mol. The summed E-state index contributed by atoms with van der Waals surface area (Å²) in [5.74, 6) is 0.596. The Balaban J connectivity index is 2.35. The molecule has 0 aliphatic heterocycles. The van der Waals surface area contributed by atoms with E-state index < -0.39 is 0 Å². The summed E-state index contributed by atoms with van der Waals surface area (Å²) < 4.78 is 6.10. The van der Waals surface area contributed by atoms with Crippen molar-refractivity contribution in [2.24, 2.45) is 5.73 Å². The lowest BCUT2D eigenvalue weighted by atomic mass is 9.97. The molecule has 2 aromatic rings. The molecule has 0 aliphatic carbocycles. The van der Waals surface area contributed by atoms with E-state index in [0.717, 1.165) is 17.5 Å². The Labute approximate surface area is 135 Å². The fourth-order valence-corrected chi connectivity index (χ4v) is 2.66. The lowest BCUT2D eigenvalue weighted by Gasteiger charge is -2.26. The van der Waals surface area contributed by atoms with Crippen LogP contribution >= 0.6 is 23.2 Å². The maximum atomic E-state index is 6.25. The van der Waals surface area contributed by atoms with E-state index >= 15 is 0 Å². The highest BCUT2D eigenvalue weighted by atomic mass is 35.5. The van der Waals surface area contributed by atoms with Crippen LogP contribution < -0.4 is 10.5 Å². The van der Waals surface area contributed by atoms with Gasteiger partial charge < -0.3 is 10.5 Å². The van der Waals surface area contributed by atoms with Crippen LogP contribution in [0, 0.1) is 6.92 Å². The number of nitrogens with two attached hydrogens (primary N) is 1. The van der Waals surface area contributed by atoms with Crippen molar-refractivity contribution in [2.45, 2.75) is 32.4 Å². The van der Waals surface area contributed by atoms with E-state index in [-0.39, 0.29) is 12.1 Å². The molecule has 0 aliphatic rings. The van der Waals surface area contributed by atoms with Gasteiger partial charge in [0.25, 0.3) is 0 Å². The highest BCUT2D eigenvalue weighted by molar-refractivity contribution is 6.35. The van der Waals surface area contributed by atoms with Crippen molar-refractivity contribution in [3.8, 4) is 5.75 Å². The predicted octanol–water partition coefficient (Wildman–Crippen LogP) is 5.16. The minimum atomic E-state index is -0.241. The second-order valence-corrected chi connectivity index (χ2v) is 5.89. The SMILES string of the molecule is CCC(N)C(Oc1ccc(Cl)cc1Cl)c1ccccc1C. The first-order chi connectivity index (χ1) is 10.0. The molecule has 0 radical (unpaired) electrons. The molecule has 2 rings (SSSR count). The largest absolute Gasteiger partial charge is 0.483 e. The molecule has 2 nitrogen and oxygen atoms in total. The van der Waals surface area contributed by atoms with Gasteiger partial charge in [-0.15, -0.1) is 0 Å². The Morgan fingerprint density at radius 2 is 1.86 bits per heavy atom. The van der Waals surface area contributed by atoms with Gasteiger partial charge in [0.05, 0.1) is 5.02 Å². The van der Waals surface area contributed by atoms with Crippen LogP contribution in [0.4, 0.5) is 0 Å². The van der Waals surface area contributed by atoms with Crippen molar-refractivity contribution in [3.05, 3.63) is 63.6 Å². The van der Waals surface area contributed by atoms with Gasteiger partial charge in [-0.25, -0.2) is 0 Å². The van der Waals surface area contributed by atoms with Crippen molar-refractivity contribution >= 4 is 23.2 Å². The van der Waals surface area contributed by atoms with Gasteiger partial charge in [-0.3, -0.25) is 0 Å². The van der Waals surface area contributed by atoms with Crippen molar-refractivity contribution < 1.29 is 4.74 Å². The summed E-state index contributed by atoms with van der Waals surface area (Å²) in [7, 11) is 0. The summed E-state index contributed by atoms with van der Waals surface area (Å²) in [4.78, 5) is 0. The Morgan fingerprint density at radius 3 is 2.48 bits per heavy atom. The highest BCUT2D eigenvalue weighted by Crippen LogP contribution is 2.33. The first-order valence-corrected chi connectivity index (χ1v) is 7.71. The van der Waals surface area contributed by atoms with Crippen LogP contribution in [0.3, 0.4) is 0 Å². The van der Waals surface area contributed by atoms with E-state index in [1.165, 1.54) is 0 Å². The van der Waals surface area contributed by atoms with Crippen LogP contribution in [0.1, 0.15) is 30.6 Å². The molecular weight excluding hydrogens is 305 g/mol. The van der Waals surface area contributed by atoms with E-state index in [2.05, 4.69) is 13.0 Å². The van der Waals surface area contributed by atoms with Gasteiger partial charge in [0.15, 0.2) is 0 Å². The third-order valence-electron chi connectivity index (χ3n) is 3.50. The van der Waals surface area contributed by atoms with Crippen molar-refractivity contribution in [2.75, 3.05) is 0 Å². The van der Waals surface area contributed by atoms with E-state index in [9.17, 15) is 0 Å². The maximum Gasteiger partial charge on any atom is 0.139 e. The second kappa shape index (κ2) is 7.17. The molecule has 112 valence electrons. The number of benzene rings is 2. The van der Waals surface area contributed by atoms with Crippen molar-refractivity contribution in [3.63, 3.8) is 0 Å². The Hall–Kier alpha value is -1.22. The van der Waals surface area contributed by atoms with Crippen LogP contribution in [-0.4, -0.2) is 6.04 Å². The third kappa shape index (κ3) is 3.91. The number of rotatable bonds is 5. The minimum absolute atomic E-state index is 0.113. The molecule has 0 heterocycles. The van der Waals surface area contributed by atoms with E-state index in [4.69, 9.17) is 33.7 Å². The zero-order valence-corrected chi connectivity index (χ0v) is 13.7. The van der Waals surface area contributed by atoms with Gasteiger partial charge in [-0.1, -0.05) is 54.4 Å². The van der Waals surface area contributed by atoms with Gasteiger partial charge in [0.1, 0.15) is 11.9 Å². The summed E-state index contributed by atoms with van der Waals surface area (Å²) >= 11 is 12.1. The lowest BCUT2D eigenvalue weighted by molar-refractivity contribution is 0.170. The van der Waals surface area contributed by atoms with Crippen molar-refractivity contribution in [1.82, 2.24) is 0 Å². The molecule has 0 amide bonds.